The number of hydrogen-bond acceptors (Lipinski definition) is 4. The van der Waals surface area contributed by atoms with Gasteiger partial charge in [-0.05, 0) is 49.2 Å². The van der Waals surface area contributed by atoms with Gasteiger partial charge in [0.15, 0.2) is 0 Å². The molecule has 34 heavy (non-hydrogen) atoms. The van der Waals surface area contributed by atoms with Crippen LogP contribution in [0.2, 0.25) is 0 Å². The molecule has 2 aromatic carbocycles. The SMILES string of the molecule is O=C(C[C@@]1(COc2ccc(F)cc2)CCCN(C(=O)c2cc(F)cc(F)c2)C1)N1CCOCC1. The number of piperidine rings is 1. The fourth-order valence-electron chi connectivity index (χ4n) is 4.57. The van der Waals surface area contributed by atoms with Gasteiger partial charge in [-0.25, -0.2) is 13.2 Å². The lowest BCUT2D eigenvalue weighted by atomic mass is 9.77. The summed E-state index contributed by atoms with van der Waals surface area (Å²) in [4.78, 5) is 29.5. The van der Waals surface area contributed by atoms with Crippen LogP contribution in [0.3, 0.4) is 0 Å². The first-order valence-corrected chi connectivity index (χ1v) is 11.3. The molecule has 2 aliphatic rings. The predicted octanol–water partition coefficient (Wildman–Crippen LogP) is 3.65. The fraction of sp³-hybridized carbons (Fsp3) is 0.440. The van der Waals surface area contributed by atoms with Gasteiger partial charge < -0.3 is 19.3 Å². The molecular formula is C25H27F3N2O4. The molecule has 0 saturated carbocycles. The second-order valence-electron chi connectivity index (χ2n) is 8.90. The third-order valence-corrected chi connectivity index (χ3v) is 6.31. The van der Waals surface area contributed by atoms with Gasteiger partial charge in [0.05, 0.1) is 19.8 Å². The Morgan fingerprint density at radius 3 is 2.26 bits per heavy atom. The van der Waals surface area contributed by atoms with Crippen molar-refractivity contribution in [3.8, 4) is 5.75 Å². The molecule has 2 aromatic rings. The molecule has 0 aromatic heterocycles. The van der Waals surface area contributed by atoms with E-state index in [9.17, 15) is 22.8 Å². The van der Waals surface area contributed by atoms with E-state index in [1.54, 1.807) is 4.90 Å². The van der Waals surface area contributed by atoms with Crippen LogP contribution in [0.15, 0.2) is 42.5 Å². The van der Waals surface area contributed by atoms with E-state index in [2.05, 4.69) is 0 Å². The Morgan fingerprint density at radius 2 is 1.59 bits per heavy atom. The molecule has 0 aliphatic carbocycles. The number of morpholine rings is 1. The van der Waals surface area contributed by atoms with E-state index in [0.717, 1.165) is 18.2 Å². The minimum absolute atomic E-state index is 0.0582. The van der Waals surface area contributed by atoms with Gasteiger partial charge in [-0.1, -0.05) is 0 Å². The van der Waals surface area contributed by atoms with E-state index in [-0.39, 0.29) is 36.9 Å². The molecule has 2 amide bonds. The summed E-state index contributed by atoms with van der Waals surface area (Å²) in [5, 5.41) is 0. The van der Waals surface area contributed by atoms with Crippen LogP contribution in [0.5, 0.6) is 5.75 Å². The molecule has 182 valence electrons. The maximum Gasteiger partial charge on any atom is 0.254 e. The summed E-state index contributed by atoms with van der Waals surface area (Å²) in [5.74, 6) is -2.14. The standard InChI is InChI=1S/C25H27F3N2O4/c26-19-2-4-22(5-3-19)34-17-25(15-23(31)29-8-10-33-11-9-29)6-1-7-30(16-25)24(32)18-12-20(27)14-21(28)13-18/h2-5,12-14H,1,6-11,15-17H2/t25-/m0/s1. The smallest absolute Gasteiger partial charge is 0.254 e. The summed E-state index contributed by atoms with van der Waals surface area (Å²) < 4.78 is 52.0. The third-order valence-electron chi connectivity index (χ3n) is 6.31. The molecule has 2 fully saturated rings. The zero-order valence-corrected chi connectivity index (χ0v) is 18.8. The molecule has 1 atom stereocenters. The number of hydrogen-bond donors (Lipinski definition) is 0. The normalized spacial score (nSPS) is 20.8. The van der Waals surface area contributed by atoms with Crippen LogP contribution in [0.25, 0.3) is 0 Å². The lowest BCUT2D eigenvalue weighted by molar-refractivity contribution is -0.139. The number of rotatable bonds is 6. The maximum atomic E-state index is 13.7. The zero-order chi connectivity index (χ0) is 24.1. The van der Waals surface area contributed by atoms with Gasteiger partial charge in [0.2, 0.25) is 5.91 Å². The summed E-state index contributed by atoms with van der Waals surface area (Å²) in [6.07, 6.45) is 1.38. The Kier molecular flexibility index (Phi) is 7.41. The number of benzene rings is 2. The molecule has 0 radical (unpaired) electrons. The molecule has 6 nitrogen and oxygen atoms in total. The van der Waals surface area contributed by atoms with Crippen molar-refractivity contribution in [2.45, 2.75) is 19.3 Å². The van der Waals surface area contributed by atoms with Crippen LogP contribution in [0, 0.1) is 22.9 Å². The van der Waals surface area contributed by atoms with E-state index in [4.69, 9.17) is 9.47 Å². The lowest BCUT2D eigenvalue weighted by Crippen LogP contribution is -2.52. The molecule has 4 rings (SSSR count). The van der Waals surface area contributed by atoms with Crippen molar-refractivity contribution in [1.29, 1.82) is 0 Å². The summed E-state index contributed by atoms with van der Waals surface area (Å²) in [7, 11) is 0. The highest BCUT2D eigenvalue weighted by Gasteiger charge is 2.41. The molecule has 2 heterocycles. The lowest BCUT2D eigenvalue weighted by Gasteiger charge is -2.43. The summed E-state index contributed by atoms with van der Waals surface area (Å²) >= 11 is 0. The van der Waals surface area contributed by atoms with E-state index < -0.39 is 23.0 Å². The van der Waals surface area contributed by atoms with Gasteiger partial charge in [0.1, 0.15) is 23.2 Å². The largest absolute Gasteiger partial charge is 0.493 e. The van der Waals surface area contributed by atoms with Crippen molar-refractivity contribution in [3.63, 3.8) is 0 Å². The number of amides is 2. The molecule has 0 unspecified atom stereocenters. The summed E-state index contributed by atoms with van der Waals surface area (Å²) in [6.45, 7) is 2.68. The highest BCUT2D eigenvalue weighted by molar-refractivity contribution is 5.94. The van der Waals surface area contributed by atoms with Gasteiger partial charge in [-0.15, -0.1) is 0 Å². The van der Waals surface area contributed by atoms with Gasteiger partial charge in [0, 0.05) is 49.6 Å². The molecular weight excluding hydrogens is 449 g/mol. The van der Waals surface area contributed by atoms with Gasteiger partial charge >= 0.3 is 0 Å². The average Bonchev–Trinajstić information content (AvgIpc) is 2.83. The number of carbonyl (C=O) groups excluding carboxylic acids is 2. The first kappa shape index (κ1) is 24.1. The Bertz CT molecular complexity index is 1010. The van der Waals surface area contributed by atoms with Crippen molar-refractivity contribution in [2.24, 2.45) is 5.41 Å². The van der Waals surface area contributed by atoms with Crippen LogP contribution in [-0.4, -0.2) is 67.6 Å². The number of carbonyl (C=O) groups is 2. The van der Waals surface area contributed by atoms with E-state index in [1.165, 1.54) is 29.2 Å². The van der Waals surface area contributed by atoms with E-state index >= 15 is 0 Å². The average molecular weight is 476 g/mol. The maximum absolute atomic E-state index is 13.7. The van der Waals surface area contributed by atoms with E-state index in [1.807, 2.05) is 0 Å². The third kappa shape index (κ3) is 5.88. The fourth-order valence-corrected chi connectivity index (χ4v) is 4.57. The van der Waals surface area contributed by atoms with Crippen molar-refractivity contribution in [2.75, 3.05) is 46.0 Å². The van der Waals surface area contributed by atoms with E-state index in [0.29, 0.717) is 51.4 Å². The van der Waals surface area contributed by atoms with Crippen LogP contribution >= 0.6 is 0 Å². The Labute approximate surface area is 196 Å². The van der Waals surface area contributed by atoms with Crippen LogP contribution in [0.4, 0.5) is 13.2 Å². The second-order valence-corrected chi connectivity index (χ2v) is 8.90. The van der Waals surface area contributed by atoms with Crippen molar-refractivity contribution < 1.29 is 32.2 Å². The van der Waals surface area contributed by atoms with Gasteiger partial charge in [-0.2, -0.15) is 0 Å². The molecule has 2 saturated heterocycles. The number of ether oxygens (including phenoxy) is 2. The van der Waals surface area contributed by atoms with Gasteiger partial charge in [0.25, 0.3) is 5.91 Å². The Morgan fingerprint density at radius 1 is 0.912 bits per heavy atom. The summed E-state index contributed by atoms with van der Waals surface area (Å²) in [6, 6.07) is 8.33. The predicted molar refractivity (Wildman–Crippen MR) is 118 cm³/mol. The molecule has 2 aliphatic heterocycles. The highest BCUT2D eigenvalue weighted by atomic mass is 19.1. The van der Waals surface area contributed by atoms with Crippen LogP contribution in [-0.2, 0) is 9.53 Å². The first-order chi connectivity index (χ1) is 16.3. The Hall–Kier alpha value is -3.07. The molecule has 0 N–H and O–H groups in total. The van der Waals surface area contributed by atoms with Crippen molar-refractivity contribution in [3.05, 3.63) is 65.5 Å². The highest BCUT2D eigenvalue weighted by Crippen LogP contribution is 2.36. The second kappa shape index (κ2) is 10.5. The topological polar surface area (TPSA) is 59.1 Å². The molecule has 0 spiro atoms. The number of halogens is 3. The Balaban J connectivity index is 1.54. The van der Waals surface area contributed by atoms with Crippen LogP contribution < -0.4 is 4.74 Å². The van der Waals surface area contributed by atoms with Crippen molar-refractivity contribution in [1.82, 2.24) is 9.80 Å². The van der Waals surface area contributed by atoms with Crippen LogP contribution in [0.1, 0.15) is 29.6 Å². The minimum atomic E-state index is -0.825. The molecule has 0 bridgehead atoms. The monoisotopic (exact) mass is 476 g/mol. The van der Waals surface area contributed by atoms with Gasteiger partial charge in [-0.3, -0.25) is 9.59 Å². The zero-order valence-electron chi connectivity index (χ0n) is 18.8. The van der Waals surface area contributed by atoms with Crippen molar-refractivity contribution >= 4 is 11.8 Å². The first-order valence-electron chi connectivity index (χ1n) is 11.3. The summed E-state index contributed by atoms with van der Waals surface area (Å²) in [5.41, 5.74) is -0.781. The quantitative estimate of drug-likeness (QED) is 0.639. The number of nitrogens with zero attached hydrogens (tertiary/aromatic N) is 2. The number of likely N-dealkylation sites (tertiary alicyclic amines) is 1. The minimum Gasteiger partial charge on any atom is -0.493 e. The molecule has 9 heteroatoms.